The Kier molecular flexibility index (Phi) is 6.05. The molecule has 2 aromatic heterocycles. The maximum Gasteiger partial charge on any atom is 0.249 e. The van der Waals surface area contributed by atoms with Gasteiger partial charge in [-0.3, -0.25) is 14.5 Å². The molecule has 2 aromatic carbocycles. The van der Waals surface area contributed by atoms with E-state index in [1.165, 1.54) is 11.3 Å². The van der Waals surface area contributed by atoms with E-state index in [0.29, 0.717) is 11.2 Å². The van der Waals surface area contributed by atoms with E-state index in [1.54, 1.807) is 9.58 Å². The maximum atomic E-state index is 13.7. The van der Waals surface area contributed by atoms with Crippen molar-refractivity contribution in [3.8, 4) is 0 Å². The first kappa shape index (κ1) is 21.7. The highest BCUT2D eigenvalue weighted by molar-refractivity contribution is 7.10. The van der Waals surface area contributed by atoms with E-state index >= 15 is 0 Å². The minimum absolute atomic E-state index is 0.0416. The number of carbonyl (C=O) groups excluding carboxylic acids is 2. The summed E-state index contributed by atoms with van der Waals surface area (Å²) in [7, 11) is 0. The molecule has 0 fully saturated rings. The second kappa shape index (κ2) is 8.92. The molecular weight excluding hydrogens is 422 g/mol. The van der Waals surface area contributed by atoms with Crippen LogP contribution in [-0.4, -0.2) is 32.3 Å². The maximum absolute atomic E-state index is 13.7. The van der Waals surface area contributed by atoms with E-state index in [-0.39, 0.29) is 18.4 Å². The molecule has 32 heavy (non-hydrogen) atoms. The van der Waals surface area contributed by atoms with E-state index in [9.17, 15) is 9.59 Å². The largest absolute Gasteiger partial charge is 0.349 e. The summed E-state index contributed by atoms with van der Waals surface area (Å²) >= 11 is 1.45. The minimum atomic E-state index is -0.807. The molecule has 0 saturated heterocycles. The summed E-state index contributed by atoms with van der Waals surface area (Å²) in [6.07, 6.45) is 0. The molecule has 0 spiro atoms. The Balaban J connectivity index is 1.76. The lowest BCUT2D eigenvalue weighted by Crippen LogP contribution is -2.50. The van der Waals surface area contributed by atoms with Crippen LogP contribution >= 0.6 is 11.3 Å². The first-order valence-electron chi connectivity index (χ1n) is 10.3. The summed E-state index contributed by atoms with van der Waals surface area (Å²) in [6, 6.07) is 19.7. The fourth-order valence-electron chi connectivity index (χ4n) is 3.52. The van der Waals surface area contributed by atoms with Gasteiger partial charge in [-0.25, -0.2) is 4.68 Å². The molecule has 1 atom stereocenters. The molecular formula is C24H25N5O2S. The van der Waals surface area contributed by atoms with Crippen molar-refractivity contribution in [3.63, 3.8) is 0 Å². The summed E-state index contributed by atoms with van der Waals surface area (Å²) in [5, 5.41) is 13.3. The van der Waals surface area contributed by atoms with Gasteiger partial charge in [0.25, 0.3) is 0 Å². The summed E-state index contributed by atoms with van der Waals surface area (Å²) in [5.41, 5.74) is 1.68. The van der Waals surface area contributed by atoms with Crippen molar-refractivity contribution in [3.05, 3.63) is 77.0 Å². The molecule has 0 radical (unpaired) electrons. The van der Waals surface area contributed by atoms with Crippen molar-refractivity contribution in [1.82, 2.24) is 20.3 Å². The van der Waals surface area contributed by atoms with Crippen molar-refractivity contribution in [2.75, 3.05) is 4.90 Å². The number of carbonyl (C=O) groups is 2. The number of nitrogens with zero attached hydrogens (tertiary/aromatic N) is 4. The molecule has 164 valence electrons. The third-order valence-electron chi connectivity index (χ3n) is 4.83. The molecule has 0 aliphatic rings. The molecule has 7 nitrogen and oxygen atoms in total. The van der Waals surface area contributed by atoms with Crippen LogP contribution in [0.15, 0.2) is 72.1 Å². The Morgan fingerprint density at radius 2 is 1.75 bits per heavy atom. The first-order valence-corrected chi connectivity index (χ1v) is 11.2. The normalized spacial score (nSPS) is 12.5. The average Bonchev–Trinajstić information content (AvgIpc) is 3.41. The lowest BCUT2D eigenvalue weighted by Gasteiger charge is -2.33. The smallest absolute Gasteiger partial charge is 0.249 e. The molecule has 8 heteroatoms. The number of amides is 2. The van der Waals surface area contributed by atoms with Crippen LogP contribution in [0, 0.1) is 0 Å². The number of rotatable bonds is 6. The summed E-state index contributed by atoms with van der Waals surface area (Å²) in [6.45, 7) is 5.73. The number of nitrogens with one attached hydrogen (secondary N) is 1. The van der Waals surface area contributed by atoms with Crippen LogP contribution in [0.5, 0.6) is 0 Å². The van der Waals surface area contributed by atoms with Gasteiger partial charge in [-0.15, -0.1) is 16.4 Å². The van der Waals surface area contributed by atoms with E-state index in [2.05, 4.69) is 15.6 Å². The Hall–Kier alpha value is -3.52. The lowest BCUT2D eigenvalue weighted by molar-refractivity contribution is -0.127. The first-order chi connectivity index (χ1) is 15.3. The van der Waals surface area contributed by atoms with Crippen LogP contribution in [0.2, 0.25) is 0 Å². The van der Waals surface area contributed by atoms with Gasteiger partial charge in [0.1, 0.15) is 18.1 Å². The number of para-hydroxylation sites is 2. The molecule has 0 bridgehead atoms. The second-order valence-electron chi connectivity index (χ2n) is 8.49. The van der Waals surface area contributed by atoms with Gasteiger partial charge in [0.2, 0.25) is 11.8 Å². The van der Waals surface area contributed by atoms with E-state index in [0.717, 1.165) is 10.4 Å². The standard InChI is InChI=1S/C24H25N5O2S/c1-24(2,3)25-23(31)22(20-14-9-15-32-20)29(17-10-5-4-6-11-17)21(30)16-28-19-13-8-7-12-18(19)26-27-28/h4-15,22H,16H2,1-3H3,(H,25,31)/t22-/m1/s1. The molecule has 4 rings (SSSR count). The highest BCUT2D eigenvalue weighted by atomic mass is 32.1. The van der Waals surface area contributed by atoms with Crippen LogP contribution in [-0.2, 0) is 16.1 Å². The highest BCUT2D eigenvalue weighted by Gasteiger charge is 2.35. The van der Waals surface area contributed by atoms with Gasteiger partial charge in [0.05, 0.1) is 5.52 Å². The van der Waals surface area contributed by atoms with Gasteiger partial charge in [-0.2, -0.15) is 0 Å². The van der Waals surface area contributed by atoms with Crippen molar-refractivity contribution in [2.24, 2.45) is 0 Å². The molecule has 2 amide bonds. The van der Waals surface area contributed by atoms with E-state index in [4.69, 9.17) is 0 Å². The predicted octanol–water partition coefficient (Wildman–Crippen LogP) is 4.18. The van der Waals surface area contributed by atoms with Crippen LogP contribution in [0.1, 0.15) is 31.7 Å². The van der Waals surface area contributed by atoms with Crippen molar-refractivity contribution >= 4 is 39.9 Å². The Labute approximate surface area is 190 Å². The monoisotopic (exact) mass is 447 g/mol. The number of aromatic nitrogens is 3. The number of fused-ring (bicyclic) bond motifs is 1. The van der Waals surface area contributed by atoms with Gasteiger partial charge in [0, 0.05) is 16.1 Å². The molecule has 2 heterocycles. The predicted molar refractivity (Wildman–Crippen MR) is 126 cm³/mol. The number of hydrogen-bond donors (Lipinski definition) is 1. The molecule has 1 N–H and O–H groups in total. The Morgan fingerprint density at radius 3 is 2.44 bits per heavy atom. The third-order valence-corrected chi connectivity index (χ3v) is 5.75. The molecule has 0 aliphatic carbocycles. The molecule has 0 saturated carbocycles. The van der Waals surface area contributed by atoms with Gasteiger partial charge in [0.15, 0.2) is 0 Å². The summed E-state index contributed by atoms with van der Waals surface area (Å²) in [4.78, 5) is 29.5. The Morgan fingerprint density at radius 1 is 1.03 bits per heavy atom. The molecule has 0 aliphatic heterocycles. The lowest BCUT2D eigenvalue weighted by atomic mass is 10.1. The third kappa shape index (κ3) is 4.70. The zero-order chi connectivity index (χ0) is 22.7. The number of anilines is 1. The Bertz CT molecular complexity index is 1210. The van der Waals surface area contributed by atoms with Crippen LogP contribution in [0.4, 0.5) is 5.69 Å². The topological polar surface area (TPSA) is 80.1 Å². The highest BCUT2D eigenvalue weighted by Crippen LogP contribution is 2.31. The zero-order valence-corrected chi connectivity index (χ0v) is 19.0. The van der Waals surface area contributed by atoms with Crippen molar-refractivity contribution in [1.29, 1.82) is 0 Å². The molecule has 4 aromatic rings. The number of benzene rings is 2. The fraction of sp³-hybridized carbons (Fsp3) is 0.250. The summed E-state index contributed by atoms with van der Waals surface area (Å²) < 4.78 is 1.57. The van der Waals surface area contributed by atoms with E-state index in [1.807, 2.05) is 92.9 Å². The van der Waals surface area contributed by atoms with Crippen molar-refractivity contribution in [2.45, 2.75) is 38.9 Å². The van der Waals surface area contributed by atoms with Gasteiger partial charge < -0.3 is 5.32 Å². The minimum Gasteiger partial charge on any atom is -0.349 e. The van der Waals surface area contributed by atoms with Crippen LogP contribution in [0.3, 0.4) is 0 Å². The van der Waals surface area contributed by atoms with Gasteiger partial charge in [-0.1, -0.05) is 41.6 Å². The van der Waals surface area contributed by atoms with Crippen LogP contribution < -0.4 is 10.2 Å². The summed E-state index contributed by atoms with van der Waals surface area (Å²) in [5.74, 6) is -0.491. The zero-order valence-electron chi connectivity index (χ0n) is 18.2. The second-order valence-corrected chi connectivity index (χ2v) is 9.47. The fourth-order valence-corrected chi connectivity index (χ4v) is 4.34. The number of thiophene rings is 1. The van der Waals surface area contributed by atoms with E-state index < -0.39 is 11.6 Å². The van der Waals surface area contributed by atoms with Gasteiger partial charge >= 0.3 is 0 Å². The van der Waals surface area contributed by atoms with Gasteiger partial charge in [-0.05, 0) is 56.5 Å². The van der Waals surface area contributed by atoms with Crippen molar-refractivity contribution < 1.29 is 9.59 Å². The molecule has 0 unspecified atom stereocenters. The SMILES string of the molecule is CC(C)(C)NC(=O)[C@@H](c1cccs1)N(C(=O)Cn1nnc2ccccc21)c1ccccc1. The number of hydrogen-bond acceptors (Lipinski definition) is 5. The average molecular weight is 448 g/mol. The quantitative estimate of drug-likeness (QED) is 0.481. The van der Waals surface area contributed by atoms with Crippen LogP contribution in [0.25, 0.3) is 11.0 Å².